The number of rotatable bonds is 11. The minimum atomic E-state index is 0. The zero-order chi connectivity index (χ0) is 17.0. The Hall–Kier alpha value is -0.240. The molecule has 2 rings (SSSR count). The maximum atomic E-state index is 2.42. The molecule has 0 saturated heterocycles. The fourth-order valence-corrected chi connectivity index (χ4v) is 3.23. The summed E-state index contributed by atoms with van der Waals surface area (Å²) in [5.74, 6) is 0. The van der Waals surface area contributed by atoms with Gasteiger partial charge in [0.1, 0.15) is 13.1 Å². The highest BCUT2D eigenvalue weighted by molar-refractivity contribution is 5.45. The van der Waals surface area contributed by atoms with Crippen molar-refractivity contribution in [3.05, 3.63) is 48.8 Å². The van der Waals surface area contributed by atoms with Gasteiger partial charge in [0.25, 0.3) is 11.4 Å². The minimum Gasteiger partial charge on any atom is -1.00 e. The molecule has 0 saturated carbocycles. The van der Waals surface area contributed by atoms with Crippen LogP contribution in [-0.4, -0.2) is 0 Å². The first-order valence-corrected chi connectivity index (χ1v) is 9.84. The smallest absolute Gasteiger partial charge is 0.277 e. The lowest BCUT2D eigenvalue weighted by atomic mass is 10.1. The van der Waals surface area contributed by atoms with Crippen LogP contribution in [0.5, 0.6) is 0 Å². The van der Waals surface area contributed by atoms with Gasteiger partial charge in [0.05, 0.1) is 0 Å². The average Bonchev–Trinajstić information content (AvgIpc) is 2.63. The average molecular weight is 580 g/mol. The normalized spacial score (nSPS) is 10.1. The third-order valence-corrected chi connectivity index (χ3v) is 4.65. The van der Waals surface area contributed by atoms with Crippen molar-refractivity contribution in [2.75, 3.05) is 0 Å². The van der Waals surface area contributed by atoms with Gasteiger partial charge in [-0.25, -0.2) is 0 Å². The van der Waals surface area contributed by atoms with Crippen LogP contribution in [0.2, 0.25) is 0 Å². The van der Waals surface area contributed by atoms with Gasteiger partial charge in [0.15, 0.2) is 12.4 Å². The summed E-state index contributed by atoms with van der Waals surface area (Å²) in [5, 5.41) is 0. The summed E-state index contributed by atoms with van der Waals surface area (Å²) in [6.07, 6.45) is 14.9. The zero-order valence-electron chi connectivity index (χ0n) is 16.3. The van der Waals surface area contributed by atoms with Crippen LogP contribution >= 0.6 is 0 Å². The molecule has 0 spiro atoms. The molecular formula is C22H34I2N2. The third-order valence-electron chi connectivity index (χ3n) is 4.65. The van der Waals surface area contributed by atoms with E-state index in [2.05, 4.69) is 71.8 Å². The summed E-state index contributed by atoms with van der Waals surface area (Å²) in [6.45, 7) is 6.76. The van der Waals surface area contributed by atoms with Crippen LogP contribution in [0.4, 0.5) is 0 Å². The standard InChI is InChI=1S/C22H34N2.2HI/c1-3-5-7-11-17-23-19-13-9-15-21(23)22-16-10-14-20-24(22)18-12-8-6-4-2;;/h9-10,13-16,19-20H,3-8,11-12,17-18H2,1-2H3;2*1H/q+2;;/p-2. The minimum absolute atomic E-state index is 0. The van der Waals surface area contributed by atoms with Crippen LogP contribution in [0.3, 0.4) is 0 Å². The van der Waals surface area contributed by atoms with Crippen LogP contribution < -0.4 is 57.1 Å². The fourth-order valence-electron chi connectivity index (χ4n) is 3.23. The van der Waals surface area contributed by atoms with Crippen molar-refractivity contribution < 1.29 is 57.1 Å². The molecule has 0 aliphatic rings. The Balaban J connectivity index is 0.00000312. The Morgan fingerprint density at radius 3 is 1.38 bits per heavy atom. The van der Waals surface area contributed by atoms with Crippen molar-refractivity contribution in [3.8, 4) is 11.4 Å². The molecule has 2 aromatic rings. The number of aryl methyl sites for hydroxylation is 2. The van der Waals surface area contributed by atoms with Crippen LogP contribution in [0.1, 0.15) is 65.2 Å². The van der Waals surface area contributed by atoms with Crippen molar-refractivity contribution in [1.82, 2.24) is 0 Å². The summed E-state index contributed by atoms with van der Waals surface area (Å²) >= 11 is 0. The lowest BCUT2D eigenvalue weighted by molar-refractivity contribution is -0.715. The summed E-state index contributed by atoms with van der Waals surface area (Å²) in [7, 11) is 0. The van der Waals surface area contributed by atoms with E-state index in [1.54, 1.807) is 0 Å². The maximum absolute atomic E-state index is 2.42. The summed E-state index contributed by atoms with van der Waals surface area (Å²) in [4.78, 5) is 0. The summed E-state index contributed by atoms with van der Waals surface area (Å²) in [5.41, 5.74) is 2.68. The number of hydrogen-bond donors (Lipinski definition) is 0. The molecule has 0 unspecified atom stereocenters. The number of aromatic nitrogens is 2. The molecule has 0 atom stereocenters. The Morgan fingerprint density at radius 2 is 1.00 bits per heavy atom. The van der Waals surface area contributed by atoms with Crippen LogP contribution in [0, 0.1) is 0 Å². The highest BCUT2D eigenvalue weighted by Crippen LogP contribution is 2.11. The lowest BCUT2D eigenvalue weighted by Gasteiger charge is -2.05. The molecule has 0 aromatic carbocycles. The molecule has 0 fully saturated rings. The van der Waals surface area contributed by atoms with Gasteiger partial charge in [0, 0.05) is 37.1 Å². The largest absolute Gasteiger partial charge is 1.00 e. The highest BCUT2D eigenvalue weighted by atomic mass is 127. The Morgan fingerprint density at radius 1 is 0.577 bits per heavy atom. The van der Waals surface area contributed by atoms with E-state index >= 15 is 0 Å². The first kappa shape index (κ1) is 25.8. The molecule has 2 nitrogen and oxygen atoms in total. The first-order valence-electron chi connectivity index (χ1n) is 9.84. The van der Waals surface area contributed by atoms with E-state index in [4.69, 9.17) is 0 Å². The van der Waals surface area contributed by atoms with Crippen molar-refractivity contribution in [2.45, 2.75) is 78.3 Å². The van der Waals surface area contributed by atoms with Crippen molar-refractivity contribution in [2.24, 2.45) is 0 Å². The first-order chi connectivity index (χ1) is 11.9. The van der Waals surface area contributed by atoms with Crippen LogP contribution in [-0.2, 0) is 13.1 Å². The zero-order valence-corrected chi connectivity index (χ0v) is 20.7. The Labute approximate surface area is 194 Å². The van der Waals surface area contributed by atoms with Gasteiger partial charge < -0.3 is 48.0 Å². The molecule has 0 radical (unpaired) electrons. The van der Waals surface area contributed by atoms with Gasteiger partial charge in [-0.2, -0.15) is 9.13 Å². The van der Waals surface area contributed by atoms with Gasteiger partial charge in [-0.05, 0) is 25.0 Å². The summed E-state index contributed by atoms with van der Waals surface area (Å²) in [6, 6.07) is 13.1. The third kappa shape index (κ3) is 8.63. The number of halogens is 2. The van der Waals surface area contributed by atoms with Gasteiger partial charge >= 0.3 is 0 Å². The molecule has 26 heavy (non-hydrogen) atoms. The molecule has 0 N–H and O–H groups in total. The van der Waals surface area contributed by atoms with E-state index in [1.165, 1.54) is 62.8 Å². The predicted octanol–water partition coefficient (Wildman–Crippen LogP) is -0.903. The second-order valence-corrected chi connectivity index (χ2v) is 6.68. The quantitative estimate of drug-likeness (QED) is 0.185. The van der Waals surface area contributed by atoms with E-state index in [9.17, 15) is 0 Å². The highest BCUT2D eigenvalue weighted by Gasteiger charge is 2.21. The molecule has 2 heterocycles. The van der Waals surface area contributed by atoms with Crippen LogP contribution in [0.15, 0.2) is 48.8 Å². The van der Waals surface area contributed by atoms with Gasteiger partial charge in [-0.3, -0.25) is 0 Å². The SMILES string of the molecule is CCCCCC[n+]1ccccc1-c1cccc[n+]1CCCCCC.[I-].[I-]. The molecule has 2 aromatic heterocycles. The lowest BCUT2D eigenvalue weighted by Crippen LogP contribution is -3.00. The molecule has 4 heteroatoms. The number of unbranched alkanes of at least 4 members (excludes halogenated alkanes) is 6. The number of hydrogen-bond acceptors (Lipinski definition) is 0. The Kier molecular flexibility index (Phi) is 15.6. The number of nitrogens with zero attached hydrogens (tertiary/aromatic N) is 2. The topological polar surface area (TPSA) is 7.76 Å². The van der Waals surface area contributed by atoms with E-state index in [1.807, 2.05) is 0 Å². The monoisotopic (exact) mass is 580 g/mol. The second kappa shape index (κ2) is 15.8. The second-order valence-electron chi connectivity index (χ2n) is 6.68. The maximum Gasteiger partial charge on any atom is 0.277 e. The van der Waals surface area contributed by atoms with Crippen molar-refractivity contribution in [3.63, 3.8) is 0 Å². The fraction of sp³-hybridized carbons (Fsp3) is 0.545. The molecule has 0 amide bonds. The molecule has 0 bridgehead atoms. The molecule has 0 aliphatic heterocycles. The van der Waals surface area contributed by atoms with Crippen molar-refractivity contribution >= 4 is 0 Å². The number of pyridine rings is 2. The van der Waals surface area contributed by atoms with E-state index < -0.39 is 0 Å². The molecule has 0 aliphatic carbocycles. The predicted molar refractivity (Wildman–Crippen MR) is 101 cm³/mol. The van der Waals surface area contributed by atoms with E-state index in [0.717, 1.165) is 13.1 Å². The molecular weight excluding hydrogens is 546 g/mol. The Bertz CT molecular complexity index is 549. The van der Waals surface area contributed by atoms with Gasteiger partial charge in [-0.15, -0.1) is 0 Å². The molecule has 146 valence electrons. The van der Waals surface area contributed by atoms with Crippen molar-refractivity contribution in [1.29, 1.82) is 0 Å². The van der Waals surface area contributed by atoms with E-state index in [-0.39, 0.29) is 48.0 Å². The van der Waals surface area contributed by atoms with Gasteiger partial charge in [-0.1, -0.05) is 39.5 Å². The van der Waals surface area contributed by atoms with E-state index in [0.29, 0.717) is 0 Å². The van der Waals surface area contributed by atoms with Gasteiger partial charge in [0.2, 0.25) is 0 Å². The summed E-state index contributed by atoms with van der Waals surface area (Å²) < 4.78 is 4.85. The van der Waals surface area contributed by atoms with Crippen LogP contribution in [0.25, 0.3) is 11.4 Å².